The van der Waals surface area contributed by atoms with E-state index in [1.807, 2.05) is 31.2 Å². The Morgan fingerprint density at radius 1 is 0.971 bits per heavy atom. The monoisotopic (exact) mass is 477 g/mol. The maximum atomic E-state index is 12.6. The number of rotatable bonds is 7. The molecule has 1 fully saturated rings. The molecule has 2 aliphatic heterocycles. The number of allylic oxidation sites excluding steroid dienone is 1. The number of phenols is 3. The minimum absolute atomic E-state index is 0.137. The van der Waals surface area contributed by atoms with Crippen LogP contribution in [0.2, 0.25) is 0 Å². The maximum absolute atomic E-state index is 12.6. The average Bonchev–Trinajstić information content (AvgIpc) is 2.83. The number of nitrogens with zero attached hydrogens (tertiary/aromatic N) is 1. The molecular formula is C28H28FNO5. The van der Waals surface area contributed by atoms with E-state index in [0.29, 0.717) is 17.9 Å². The molecule has 7 heteroatoms. The van der Waals surface area contributed by atoms with Gasteiger partial charge in [-0.05, 0) is 66.1 Å². The lowest BCUT2D eigenvalue weighted by atomic mass is 9.86. The number of aromatic hydroxyl groups is 3. The van der Waals surface area contributed by atoms with Crippen molar-refractivity contribution < 1.29 is 29.2 Å². The predicted octanol–water partition coefficient (Wildman–Crippen LogP) is 5.15. The SMILES string of the molecule is CC1=C(c2ccc(O)c(O)c2)C(c2ccc(OCCN3CC(CF)C3)cc2)Oc2ccc(O)cc21. The summed E-state index contributed by atoms with van der Waals surface area (Å²) in [5.41, 5.74) is 4.10. The molecule has 0 bridgehead atoms. The summed E-state index contributed by atoms with van der Waals surface area (Å²) < 4.78 is 24.8. The van der Waals surface area contributed by atoms with E-state index in [1.165, 1.54) is 12.1 Å². The third-order valence-electron chi connectivity index (χ3n) is 6.67. The Morgan fingerprint density at radius 3 is 2.46 bits per heavy atom. The van der Waals surface area contributed by atoms with Gasteiger partial charge in [0.05, 0.1) is 6.67 Å². The van der Waals surface area contributed by atoms with Crippen LogP contribution in [0.25, 0.3) is 11.1 Å². The van der Waals surface area contributed by atoms with Crippen molar-refractivity contribution in [2.24, 2.45) is 5.92 Å². The van der Waals surface area contributed by atoms with Gasteiger partial charge in [0.2, 0.25) is 0 Å². The number of halogens is 1. The molecule has 1 atom stereocenters. The summed E-state index contributed by atoms with van der Waals surface area (Å²) in [6, 6.07) is 17.4. The maximum Gasteiger partial charge on any atom is 0.158 e. The molecule has 2 aliphatic rings. The van der Waals surface area contributed by atoms with E-state index in [9.17, 15) is 19.7 Å². The fourth-order valence-corrected chi connectivity index (χ4v) is 4.72. The normalized spacial score (nSPS) is 18.1. The summed E-state index contributed by atoms with van der Waals surface area (Å²) in [7, 11) is 0. The van der Waals surface area contributed by atoms with Crippen LogP contribution in [0.15, 0.2) is 60.7 Å². The zero-order valence-electron chi connectivity index (χ0n) is 19.4. The van der Waals surface area contributed by atoms with Crippen LogP contribution < -0.4 is 9.47 Å². The first kappa shape index (κ1) is 23.1. The van der Waals surface area contributed by atoms with Gasteiger partial charge < -0.3 is 24.8 Å². The van der Waals surface area contributed by atoms with E-state index in [1.54, 1.807) is 24.3 Å². The van der Waals surface area contributed by atoms with Crippen LogP contribution in [0.1, 0.15) is 29.7 Å². The second kappa shape index (κ2) is 9.50. The van der Waals surface area contributed by atoms with Crippen molar-refractivity contribution in [2.75, 3.05) is 32.9 Å². The van der Waals surface area contributed by atoms with Crippen molar-refractivity contribution in [3.05, 3.63) is 77.4 Å². The molecule has 0 spiro atoms. The van der Waals surface area contributed by atoms with Gasteiger partial charge in [-0.15, -0.1) is 0 Å². The van der Waals surface area contributed by atoms with E-state index < -0.39 is 6.10 Å². The van der Waals surface area contributed by atoms with Crippen molar-refractivity contribution in [2.45, 2.75) is 13.0 Å². The molecule has 3 aromatic carbocycles. The smallest absolute Gasteiger partial charge is 0.158 e. The molecule has 0 saturated carbocycles. The number of hydrogen-bond donors (Lipinski definition) is 3. The molecule has 5 rings (SSSR count). The summed E-state index contributed by atoms with van der Waals surface area (Å²) >= 11 is 0. The quantitative estimate of drug-likeness (QED) is 0.409. The molecule has 6 nitrogen and oxygen atoms in total. The summed E-state index contributed by atoms with van der Waals surface area (Å²) in [6.07, 6.45) is -0.469. The van der Waals surface area contributed by atoms with E-state index in [4.69, 9.17) is 9.47 Å². The number of phenolic OH excluding ortho intramolecular Hbond substituents is 3. The van der Waals surface area contributed by atoms with Gasteiger partial charge in [0, 0.05) is 36.7 Å². The molecule has 35 heavy (non-hydrogen) atoms. The molecule has 0 radical (unpaired) electrons. The highest BCUT2D eigenvalue weighted by Crippen LogP contribution is 2.48. The highest BCUT2D eigenvalue weighted by Gasteiger charge is 2.30. The molecule has 0 aromatic heterocycles. The second-order valence-electron chi connectivity index (χ2n) is 9.12. The molecule has 0 amide bonds. The summed E-state index contributed by atoms with van der Waals surface area (Å²) in [4.78, 5) is 2.18. The molecule has 3 aromatic rings. The van der Waals surface area contributed by atoms with Gasteiger partial charge in [0.1, 0.15) is 30.0 Å². The molecule has 2 heterocycles. The molecule has 0 aliphatic carbocycles. The topological polar surface area (TPSA) is 82.4 Å². The van der Waals surface area contributed by atoms with Crippen LogP contribution >= 0.6 is 0 Å². The highest BCUT2D eigenvalue weighted by atomic mass is 19.1. The van der Waals surface area contributed by atoms with Gasteiger partial charge in [0.15, 0.2) is 11.5 Å². The zero-order chi connectivity index (χ0) is 24.5. The van der Waals surface area contributed by atoms with Crippen molar-refractivity contribution in [3.63, 3.8) is 0 Å². The van der Waals surface area contributed by atoms with E-state index in [2.05, 4.69) is 4.90 Å². The number of ether oxygens (including phenoxy) is 2. The van der Waals surface area contributed by atoms with Crippen LogP contribution in [0, 0.1) is 5.92 Å². The van der Waals surface area contributed by atoms with Crippen molar-refractivity contribution >= 4 is 11.1 Å². The minimum Gasteiger partial charge on any atom is -0.508 e. The van der Waals surface area contributed by atoms with E-state index in [0.717, 1.165) is 47.7 Å². The molecule has 3 N–H and O–H groups in total. The number of benzene rings is 3. The largest absolute Gasteiger partial charge is 0.508 e. The second-order valence-corrected chi connectivity index (χ2v) is 9.12. The van der Waals surface area contributed by atoms with Gasteiger partial charge >= 0.3 is 0 Å². The Kier molecular flexibility index (Phi) is 6.26. The predicted molar refractivity (Wildman–Crippen MR) is 132 cm³/mol. The fraction of sp³-hybridized carbons (Fsp3) is 0.286. The Morgan fingerprint density at radius 2 is 1.74 bits per heavy atom. The lowest BCUT2D eigenvalue weighted by Gasteiger charge is -2.37. The number of fused-ring (bicyclic) bond motifs is 1. The summed E-state index contributed by atoms with van der Waals surface area (Å²) in [5.74, 6) is 1.28. The highest BCUT2D eigenvalue weighted by molar-refractivity contribution is 5.96. The van der Waals surface area contributed by atoms with Crippen LogP contribution in [0.5, 0.6) is 28.7 Å². The Balaban J connectivity index is 1.40. The molecule has 182 valence electrons. The zero-order valence-corrected chi connectivity index (χ0v) is 19.4. The van der Waals surface area contributed by atoms with Crippen LogP contribution in [0.4, 0.5) is 4.39 Å². The average molecular weight is 478 g/mol. The Hall–Kier alpha value is -3.71. The van der Waals surface area contributed by atoms with Crippen molar-refractivity contribution in [1.82, 2.24) is 4.90 Å². The number of hydrogen-bond acceptors (Lipinski definition) is 6. The fourth-order valence-electron chi connectivity index (χ4n) is 4.72. The van der Waals surface area contributed by atoms with E-state index in [-0.39, 0.29) is 29.8 Å². The molecule has 1 unspecified atom stereocenters. The third-order valence-corrected chi connectivity index (χ3v) is 6.67. The van der Waals surface area contributed by atoms with E-state index >= 15 is 0 Å². The standard InChI is InChI=1S/C28H28FNO5/c1-17-23-13-21(31)5-9-26(23)35-28(27(17)20-4-8-24(32)25(33)12-20)19-2-6-22(7-3-19)34-11-10-30-15-18(14-29)16-30/h2-9,12-13,18,28,31-33H,10-11,14-16H2,1H3. The van der Waals surface area contributed by atoms with Crippen LogP contribution in [0.3, 0.4) is 0 Å². The third kappa shape index (κ3) is 4.64. The minimum atomic E-state index is -0.469. The first-order valence-electron chi connectivity index (χ1n) is 11.7. The van der Waals surface area contributed by atoms with Crippen LogP contribution in [-0.4, -0.2) is 53.1 Å². The molecule has 1 saturated heterocycles. The number of likely N-dealkylation sites (tertiary alicyclic amines) is 1. The Bertz CT molecular complexity index is 1250. The van der Waals surface area contributed by atoms with Crippen molar-refractivity contribution in [3.8, 4) is 28.7 Å². The van der Waals surface area contributed by atoms with Crippen molar-refractivity contribution in [1.29, 1.82) is 0 Å². The van der Waals surface area contributed by atoms with Gasteiger partial charge in [0.25, 0.3) is 0 Å². The lowest BCUT2D eigenvalue weighted by Crippen LogP contribution is -2.49. The molecular weight excluding hydrogens is 449 g/mol. The van der Waals surface area contributed by atoms with Gasteiger partial charge in [-0.25, -0.2) is 0 Å². The van der Waals surface area contributed by atoms with Gasteiger partial charge in [-0.1, -0.05) is 18.2 Å². The number of alkyl halides is 1. The van der Waals surface area contributed by atoms with Gasteiger partial charge in [-0.3, -0.25) is 9.29 Å². The summed E-state index contributed by atoms with van der Waals surface area (Å²) in [5, 5.41) is 30.0. The lowest BCUT2D eigenvalue weighted by molar-refractivity contribution is 0.0668. The van der Waals surface area contributed by atoms with Crippen LogP contribution in [-0.2, 0) is 0 Å². The first-order chi connectivity index (χ1) is 16.9. The first-order valence-corrected chi connectivity index (χ1v) is 11.7. The van der Waals surface area contributed by atoms with Gasteiger partial charge in [-0.2, -0.15) is 0 Å². The summed E-state index contributed by atoms with van der Waals surface area (Å²) in [6.45, 7) is 4.58. The Labute approximate surface area is 203 Å².